The molecular formula is C27H33NO5. The minimum Gasteiger partial charge on any atom is -0.489 e. The number of esters is 1. The molecule has 33 heavy (non-hydrogen) atoms. The number of aryl methyl sites for hydroxylation is 2. The van der Waals surface area contributed by atoms with Gasteiger partial charge < -0.3 is 19.5 Å². The van der Waals surface area contributed by atoms with Crippen LogP contribution in [-0.2, 0) is 27.2 Å². The number of hydrogen-bond acceptors (Lipinski definition) is 5. The van der Waals surface area contributed by atoms with Gasteiger partial charge in [0.15, 0.2) is 0 Å². The van der Waals surface area contributed by atoms with E-state index >= 15 is 0 Å². The zero-order valence-electron chi connectivity index (χ0n) is 19.5. The van der Waals surface area contributed by atoms with Crippen LogP contribution in [0.3, 0.4) is 0 Å². The molecule has 1 N–H and O–H groups in total. The highest BCUT2D eigenvalue weighted by Crippen LogP contribution is 2.27. The molecule has 1 aliphatic carbocycles. The first-order valence-corrected chi connectivity index (χ1v) is 11.5. The number of carbonyl (C=O) groups excluding carboxylic acids is 1. The Morgan fingerprint density at radius 3 is 2.30 bits per heavy atom. The van der Waals surface area contributed by atoms with E-state index in [1.165, 1.54) is 5.56 Å². The molecule has 0 fully saturated rings. The fraction of sp³-hybridized carbons (Fsp3) is 0.407. The molecule has 0 spiro atoms. The summed E-state index contributed by atoms with van der Waals surface area (Å²) in [6.45, 7) is 0.676. The van der Waals surface area contributed by atoms with Crippen LogP contribution in [0.25, 0.3) is 0 Å². The molecule has 0 bridgehead atoms. The number of rotatable bonds is 11. The van der Waals surface area contributed by atoms with E-state index in [2.05, 4.69) is 18.2 Å². The van der Waals surface area contributed by atoms with Gasteiger partial charge in [0, 0.05) is 17.7 Å². The molecule has 0 heterocycles. The maximum atomic E-state index is 12.8. The highest BCUT2D eigenvalue weighted by atomic mass is 16.6. The van der Waals surface area contributed by atoms with Gasteiger partial charge in [-0.1, -0.05) is 48.5 Å². The molecule has 2 aromatic rings. The largest absolute Gasteiger partial charge is 0.489 e. The number of carboxylic acids is 1. The van der Waals surface area contributed by atoms with Gasteiger partial charge in [0.05, 0.1) is 0 Å². The third kappa shape index (κ3) is 7.46. The summed E-state index contributed by atoms with van der Waals surface area (Å²) in [6, 6.07) is 18.2. The van der Waals surface area contributed by atoms with E-state index < -0.39 is 18.0 Å². The highest BCUT2D eigenvalue weighted by Gasteiger charge is 2.27. The van der Waals surface area contributed by atoms with E-state index in [-0.39, 0.29) is 12.2 Å². The Hall–Kier alpha value is -3.12. The molecule has 1 atom stereocenters. The van der Waals surface area contributed by atoms with Crippen LogP contribution in [0, 0.1) is 0 Å². The van der Waals surface area contributed by atoms with E-state index in [0.717, 1.165) is 37.0 Å². The number of ether oxygens (including phenoxy) is 2. The van der Waals surface area contributed by atoms with Crippen LogP contribution in [0.5, 0.6) is 5.75 Å². The zero-order valence-corrected chi connectivity index (χ0v) is 19.5. The van der Waals surface area contributed by atoms with Crippen molar-refractivity contribution in [2.45, 2.75) is 44.6 Å². The maximum absolute atomic E-state index is 12.8. The van der Waals surface area contributed by atoms with Gasteiger partial charge in [-0.2, -0.15) is 0 Å². The third-order valence-electron chi connectivity index (χ3n) is 5.74. The predicted octanol–water partition coefficient (Wildman–Crippen LogP) is 4.28. The van der Waals surface area contributed by atoms with E-state index in [9.17, 15) is 14.7 Å². The molecule has 3 rings (SSSR count). The van der Waals surface area contributed by atoms with Crippen LogP contribution in [-0.4, -0.2) is 55.3 Å². The van der Waals surface area contributed by atoms with Crippen LogP contribution in [0.15, 0.2) is 65.7 Å². The second-order valence-electron chi connectivity index (χ2n) is 8.66. The molecule has 0 radical (unpaired) electrons. The Labute approximate surface area is 195 Å². The van der Waals surface area contributed by atoms with Crippen molar-refractivity contribution in [1.29, 1.82) is 0 Å². The Bertz CT molecular complexity index is 967. The van der Waals surface area contributed by atoms with Gasteiger partial charge in [0.25, 0.3) is 0 Å². The van der Waals surface area contributed by atoms with Crippen LogP contribution < -0.4 is 4.74 Å². The van der Waals surface area contributed by atoms with Crippen molar-refractivity contribution >= 4 is 11.9 Å². The molecule has 0 amide bonds. The maximum Gasteiger partial charge on any atom is 0.334 e. The summed E-state index contributed by atoms with van der Waals surface area (Å²) in [4.78, 5) is 26.3. The van der Waals surface area contributed by atoms with Gasteiger partial charge in [-0.25, -0.2) is 9.59 Å². The number of carbonyl (C=O) groups is 2. The van der Waals surface area contributed by atoms with Crippen molar-refractivity contribution in [3.05, 3.63) is 76.9 Å². The summed E-state index contributed by atoms with van der Waals surface area (Å²) in [5, 5.41) is 9.45. The molecule has 0 aromatic heterocycles. The summed E-state index contributed by atoms with van der Waals surface area (Å²) in [5.74, 6) is -0.800. The highest BCUT2D eigenvalue weighted by molar-refractivity contribution is 5.99. The van der Waals surface area contributed by atoms with E-state index in [1.807, 2.05) is 55.4 Å². The van der Waals surface area contributed by atoms with E-state index in [0.29, 0.717) is 25.0 Å². The fourth-order valence-electron chi connectivity index (χ4n) is 4.08. The number of aliphatic carboxylic acids is 1. The molecule has 1 unspecified atom stereocenters. The van der Waals surface area contributed by atoms with Gasteiger partial charge in [0.1, 0.15) is 18.5 Å². The molecule has 6 heteroatoms. The Morgan fingerprint density at radius 2 is 1.61 bits per heavy atom. The van der Waals surface area contributed by atoms with Crippen molar-refractivity contribution in [2.75, 3.05) is 27.2 Å². The normalized spacial score (nSPS) is 14.8. The summed E-state index contributed by atoms with van der Waals surface area (Å²) >= 11 is 0. The topological polar surface area (TPSA) is 76.1 Å². The van der Waals surface area contributed by atoms with Crippen molar-refractivity contribution in [3.63, 3.8) is 0 Å². The summed E-state index contributed by atoms with van der Waals surface area (Å²) < 4.78 is 11.9. The van der Waals surface area contributed by atoms with Gasteiger partial charge >= 0.3 is 11.9 Å². The van der Waals surface area contributed by atoms with Crippen molar-refractivity contribution in [1.82, 2.24) is 4.90 Å². The molecule has 1 aliphatic rings. The number of carboxylic acid groups (broad SMARTS) is 1. The second-order valence-corrected chi connectivity index (χ2v) is 8.66. The minimum absolute atomic E-state index is 0.182. The summed E-state index contributed by atoms with van der Waals surface area (Å²) in [6.07, 6.45) is 3.66. The Kier molecular flexibility index (Phi) is 9.07. The first-order valence-electron chi connectivity index (χ1n) is 11.5. The molecule has 2 aromatic carbocycles. The van der Waals surface area contributed by atoms with E-state index in [1.54, 1.807) is 0 Å². The lowest BCUT2D eigenvalue weighted by atomic mass is 9.92. The monoisotopic (exact) mass is 451 g/mol. The second kappa shape index (κ2) is 12.2. The van der Waals surface area contributed by atoms with Crippen molar-refractivity contribution < 1.29 is 24.2 Å². The molecular weight excluding hydrogens is 418 g/mol. The van der Waals surface area contributed by atoms with Crippen LogP contribution in [0.2, 0.25) is 0 Å². The van der Waals surface area contributed by atoms with Crippen LogP contribution in [0.1, 0.15) is 36.8 Å². The quantitative estimate of drug-likeness (QED) is 0.514. The molecule has 0 saturated heterocycles. The number of nitrogens with zero attached hydrogens (tertiary/aromatic N) is 1. The average molecular weight is 452 g/mol. The minimum atomic E-state index is -1.03. The predicted molar refractivity (Wildman–Crippen MR) is 127 cm³/mol. The van der Waals surface area contributed by atoms with Gasteiger partial charge in [0.2, 0.25) is 0 Å². The zero-order chi connectivity index (χ0) is 23.6. The number of likely N-dealkylation sites (N-methyl/N-ethyl adjacent to an activating group) is 1. The fourth-order valence-corrected chi connectivity index (χ4v) is 4.08. The summed E-state index contributed by atoms with van der Waals surface area (Å²) in [7, 11) is 3.80. The Balaban J connectivity index is 1.66. The lowest BCUT2D eigenvalue weighted by Gasteiger charge is -2.24. The van der Waals surface area contributed by atoms with Crippen molar-refractivity contribution in [2.24, 2.45) is 0 Å². The lowest BCUT2D eigenvalue weighted by Crippen LogP contribution is -2.36. The van der Waals surface area contributed by atoms with E-state index in [4.69, 9.17) is 9.47 Å². The average Bonchev–Trinajstić information content (AvgIpc) is 2.82. The van der Waals surface area contributed by atoms with Gasteiger partial charge in [-0.05, 0) is 69.8 Å². The molecule has 0 saturated carbocycles. The molecule has 0 aliphatic heterocycles. The Morgan fingerprint density at radius 1 is 0.939 bits per heavy atom. The third-order valence-corrected chi connectivity index (χ3v) is 5.74. The van der Waals surface area contributed by atoms with Gasteiger partial charge in [-0.3, -0.25) is 0 Å². The standard InChI is InChI=1S/C27H33NO5/c1-28(2)18-22(33-27(31)24-14-8-7-13-23(24)26(29)30)19-32-25-15-9-6-12-21(25)17-16-20-10-4-3-5-11-20/h3-6,9-12,15,22H,7-8,13-14,16-19H2,1-2H3,(H,29,30). The number of para-hydroxylation sites is 1. The van der Waals surface area contributed by atoms with Crippen LogP contribution in [0.4, 0.5) is 0 Å². The first kappa shape index (κ1) is 24.5. The first-order chi connectivity index (χ1) is 15.9. The molecule has 6 nitrogen and oxygen atoms in total. The van der Waals surface area contributed by atoms with Gasteiger partial charge in [-0.15, -0.1) is 0 Å². The lowest BCUT2D eigenvalue weighted by molar-refractivity contribution is -0.147. The van der Waals surface area contributed by atoms with Crippen LogP contribution >= 0.6 is 0 Å². The number of hydrogen-bond donors (Lipinski definition) is 1. The van der Waals surface area contributed by atoms with Crippen molar-refractivity contribution in [3.8, 4) is 5.75 Å². The molecule has 176 valence electrons. The SMILES string of the molecule is CN(C)CC(COc1ccccc1CCc1ccccc1)OC(=O)C1=C(C(=O)O)CCCC1. The smallest absolute Gasteiger partial charge is 0.334 e. The number of benzene rings is 2. The summed E-state index contributed by atoms with van der Waals surface area (Å²) in [5.41, 5.74) is 2.84.